The summed E-state index contributed by atoms with van der Waals surface area (Å²) in [5.41, 5.74) is 0.533. The third-order valence-corrected chi connectivity index (χ3v) is 2.67. The first-order valence-corrected chi connectivity index (χ1v) is 6.23. The topological polar surface area (TPSA) is 58.2 Å². The summed E-state index contributed by atoms with van der Waals surface area (Å²) in [6, 6.07) is 8.73. The molecule has 0 radical (unpaired) electrons. The van der Waals surface area contributed by atoms with Crippen molar-refractivity contribution in [3.8, 4) is 12.3 Å². The Morgan fingerprint density at radius 3 is 2.58 bits per heavy atom. The molecule has 1 aromatic carbocycles. The first-order chi connectivity index (χ1) is 9.17. The Balaban J connectivity index is 2.38. The van der Waals surface area contributed by atoms with Crippen molar-refractivity contribution in [2.45, 2.75) is 25.8 Å². The molecular formula is C15H18N2O2. The minimum Gasteiger partial charge on any atom is -0.351 e. The summed E-state index contributed by atoms with van der Waals surface area (Å²) in [6.07, 6.45) is 6.47. The van der Waals surface area contributed by atoms with Gasteiger partial charge in [0.25, 0.3) is 5.91 Å². The predicted octanol–water partition coefficient (Wildman–Crippen LogP) is 1.33. The van der Waals surface area contributed by atoms with Gasteiger partial charge in [0.15, 0.2) is 0 Å². The minimum absolute atomic E-state index is 0.0360. The van der Waals surface area contributed by atoms with Crippen LogP contribution in [0.15, 0.2) is 30.3 Å². The summed E-state index contributed by atoms with van der Waals surface area (Å²) in [6.45, 7) is 1.90. The molecular weight excluding hydrogens is 240 g/mol. The number of benzene rings is 1. The Kier molecular flexibility index (Phi) is 6.17. The Morgan fingerprint density at radius 2 is 2.00 bits per heavy atom. The zero-order chi connectivity index (χ0) is 14.1. The molecule has 0 heterocycles. The highest BCUT2D eigenvalue weighted by Gasteiger charge is 2.11. The second-order valence-corrected chi connectivity index (χ2v) is 4.13. The van der Waals surface area contributed by atoms with E-state index in [4.69, 9.17) is 6.42 Å². The number of amides is 2. The number of hydrogen-bond acceptors (Lipinski definition) is 2. The molecule has 1 atom stereocenters. The summed E-state index contributed by atoms with van der Waals surface area (Å²) < 4.78 is 0. The van der Waals surface area contributed by atoms with E-state index in [2.05, 4.69) is 16.6 Å². The van der Waals surface area contributed by atoms with E-state index in [1.807, 2.05) is 13.0 Å². The van der Waals surface area contributed by atoms with Crippen molar-refractivity contribution in [3.05, 3.63) is 35.9 Å². The van der Waals surface area contributed by atoms with Gasteiger partial charge < -0.3 is 10.6 Å². The normalized spacial score (nSPS) is 11.2. The van der Waals surface area contributed by atoms with Crippen molar-refractivity contribution >= 4 is 11.8 Å². The summed E-state index contributed by atoms with van der Waals surface area (Å²) >= 11 is 0. The molecule has 1 unspecified atom stereocenters. The molecule has 0 saturated carbocycles. The molecule has 0 aliphatic heterocycles. The maximum absolute atomic E-state index is 11.7. The predicted molar refractivity (Wildman–Crippen MR) is 74.4 cm³/mol. The van der Waals surface area contributed by atoms with Crippen LogP contribution in [0.25, 0.3) is 0 Å². The SMILES string of the molecule is C#CCC(CC)NC(=O)CNC(=O)c1ccccc1. The van der Waals surface area contributed by atoms with E-state index >= 15 is 0 Å². The third kappa shape index (κ3) is 5.26. The number of rotatable bonds is 6. The van der Waals surface area contributed by atoms with Crippen molar-refractivity contribution in [1.82, 2.24) is 10.6 Å². The Labute approximate surface area is 113 Å². The molecule has 0 bridgehead atoms. The molecule has 0 aliphatic carbocycles. The molecule has 4 heteroatoms. The Hall–Kier alpha value is -2.28. The van der Waals surface area contributed by atoms with Crippen LogP contribution in [0, 0.1) is 12.3 Å². The van der Waals surface area contributed by atoms with Gasteiger partial charge >= 0.3 is 0 Å². The standard InChI is InChI=1S/C15H18N2O2/c1-3-8-13(4-2)17-14(18)11-16-15(19)12-9-6-5-7-10-12/h1,5-7,9-10,13H,4,8,11H2,2H3,(H,16,19)(H,17,18). The lowest BCUT2D eigenvalue weighted by molar-refractivity contribution is -0.120. The van der Waals surface area contributed by atoms with Crippen LogP contribution in [-0.2, 0) is 4.79 Å². The average molecular weight is 258 g/mol. The zero-order valence-corrected chi connectivity index (χ0v) is 11.0. The van der Waals surface area contributed by atoms with Crippen LogP contribution in [0.3, 0.4) is 0 Å². The molecule has 19 heavy (non-hydrogen) atoms. The zero-order valence-electron chi connectivity index (χ0n) is 11.0. The summed E-state index contributed by atoms with van der Waals surface area (Å²) in [7, 11) is 0. The van der Waals surface area contributed by atoms with Crippen LogP contribution >= 0.6 is 0 Å². The number of hydrogen-bond donors (Lipinski definition) is 2. The van der Waals surface area contributed by atoms with Crippen LogP contribution in [-0.4, -0.2) is 24.4 Å². The van der Waals surface area contributed by atoms with Gasteiger partial charge in [0.1, 0.15) is 0 Å². The number of carbonyl (C=O) groups is 2. The Morgan fingerprint density at radius 1 is 1.32 bits per heavy atom. The fourth-order valence-electron chi connectivity index (χ4n) is 1.57. The highest BCUT2D eigenvalue weighted by atomic mass is 16.2. The van der Waals surface area contributed by atoms with Gasteiger partial charge in [-0.05, 0) is 18.6 Å². The molecule has 1 aromatic rings. The van der Waals surface area contributed by atoms with Crippen LogP contribution in [0.5, 0.6) is 0 Å². The minimum atomic E-state index is -0.263. The van der Waals surface area contributed by atoms with E-state index in [-0.39, 0.29) is 24.4 Å². The maximum Gasteiger partial charge on any atom is 0.251 e. The smallest absolute Gasteiger partial charge is 0.251 e. The van der Waals surface area contributed by atoms with Gasteiger partial charge in [0.05, 0.1) is 6.54 Å². The van der Waals surface area contributed by atoms with E-state index < -0.39 is 0 Å². The lowest BCUT2D eigenvalue weighted by atomic mass is 10.1. The lowest BCUT2D eigenvalue weighted by Crippen LogP contribution is -2.41. The van der Waals surface area contributed by atoms with Gasteiger partial charge in [0, 0.05) is 18.0 Å². The van der Waals surface area contributed by atoms with Gasteiger partial charge in [0.2, 0.25) is 5.91 Å². The first kappa shape index (κ1) is 14.8. The van der Waals surface area contributed by atoms with Crippen LogP contribution < -0.4 is 10.6 Å². The highest BCUT2D eigenvalue weighted by molar-refractivity contribution is 5.96. The van der Waals surface area contributed by atoms with Gasteiger partial charge in [-0.2, -0.15) is 0 Å². The van der Waals surface area contributed by atoms with Crippen LogP contribution in [0.1, 0.15) is 30.1 Å². The van der Waals surface area contributed by atoms with Gasteiger partial charge in [-0.25, -0.2) is 0 Å². The van der Waals surface area contributed by atoms with E-state index in [1.54, 1.807) is 24.3 Å². The van der Waals surface area contributed by atoms with Crippen LogP contribution in [0.4, 0.5) is 0 Å². The summed E-state index contributed by atoms with van der Waals surface area (Å²) in [5, 5.41) is 5.35. The summed E-state index contributed by atoms with van der Waals surface area (Å²) in [4.78, 5) is 23.3. The van der Waals surface area contributed by atoms with Crippen molar-refractivity contribution in [3.63, 3.8) is 0 Å². The van der Waals surface area contributed by atoms with Crippen molar-refractivity contribution in [2.24, 2.45) is 0 Å². The second-order valence-electron chi connectivity index (χ2n) is 4.13. The molecule has 0 aromatic heterocycles. The van der Waals surface area contributed by atoms with Gasteiger partial charge in [-0.15, -0.1) is 12.3 Å². The number of terminal acetylenes is 1. The number of carbonyl (C=O) groups excluding carboxylic acids is 2. The largest absolute Gasteiger partial charge is 0.351 e. The quantitative estimate of drug-likeness (QED) is 0.756. The van der Waals surface area contributed by atoms with E-state index in [9.17, 15) is 9.59 Å². The highest BCUT2D eigenvalue weighted by Crippen LogP contribution is 1.98. The third-order valence-electron chi connectivity index (χ3n) is 2.67. The fourth-order valence-corrected chi connectivity index (χ4v) is 1.57. The number of nitrogens with one attached hydrogen (secondary N) is 2. The van der Waals surface area contributed by atoms with E-state index in [0.717, 1.165) is 6.42 Å². The van der Waals surface area contributed by atoms with Crippen molar-refractivity contribution in [2.75, 3.05) is 6.54 Å². The molecule has 2 amide bonds. The molecule has 0 spiro atoms. The molecule has 2 N–H and O–H groups in total. The second kappa shape index (κ2) is 7.93. The summed E-state index contributed by atoms with van der Waals surface area (Å²) in [5.74, 6) is 2.02. The molecule has 0 saturated heterocycles. The molecule has 100 valence electrons. The molecule has 0 aliphatic rings. The van der Waals surface area contributed by atoms with E-state index in [1.165, 1.54) is 0 Å². The molecule has 4 nitrogen and oxygen atoms in total. The lowest BCUT2D eigenvalue weighted by Gasteiger charge is -2.14. The Bertz CT molecular complexity index is 463. The van der Waals surface area contributed by atoms with Crippen molar-refractivity contribution < 1.29 is 9.59 Å². The fraction of sp³-hybridized carbons (Fsp3) is 0.333. The first-order valence-electron chi connectivity index (χ1n) is 6.23. The molecule has 1 rings (SSSR count). The molecule has 0 fully saturated rings. The van der Waals surface area contributed by atoms with Crippen molar-refractivity contribution in [1.29, 1.82) is 0 Å². The maximum atomic E-state index is 11.7. The van der Waals surface area contributed by atoms with Crippen LogP contribution in [0.2, 0.25) is 0 Å². The monoisotopic (exact) mass is 258 g/mol. The van der Waals surface area contributed by atoms with Gasteiger partial charge in [-0.3, -0.25) is 9.59 Å². The average Bonchev–Trinajstić information content (AvgIpc) is 2.45. The van der Waals surface area contributed by atoms with Gasteiger partial charge in [-0.1, -0.05) is 25.1 Å². The van der Waals surface area contributed by atoms with E-state index in [0.29, 0.717) is 12.0 Å².